The summed E-state index contributed by atoms with van der Waals surface area (Å²) in [7, 11) is 2.20. The Labute approximate surface area is 183 Å². The Morgan fingerprint density at radius 1 is 1.03 bits per heavy atom. The third-order valence-electron chi connectivity index (χ3n) is 6.09. The number of rotatable bonds is 7. The molecule has 0 unspecified atom stereocenters. The average molecular weight is 419 g/mol. The second-order valence-electron chi connectivity index (χ2n) is 8.51. The number of hydrogen-bond acceptors (Lipinski definition) is 5. The SMILES string of the molecule is Cc1nnnn1-c1ccc(CC(=O)Nc2ccc(CCC3CCN(C)CC3)cc2)cc1. The lowest BCUT2D eigenvalue weighted by molar-refractivity contribution is -0.115. The Hall–Kier alpha value is -3.06. The molecule has 1 aliphatic heterocycles. The molecule has 1 fully saturated rings. The molecule has 0 spiro atoms. The van der Waals surface area contributed by atoms with E-state index in [1.807, 2.05) is 43.3 Å². The first-order chi connectivity index (χ1) is 15.1. The highest BCUT2D eigenvalue weighted by Gasteiger charge is 2.16. The van der Waals surface area contributed by atoms with Gasteiger partial charge in [0, 0.05) is 5.69 Å². The summed E-state index contributed by atoms with van der Waals surface area (Å²) in [5.41, 5.74) is 4.00. The first-order valence-corrected chi connectivity index (χ1v) is 11.0. The van der Waals surface area contributed by atoms with Crippen molar-refractivity contribution in [2.75, 3.05) is 25.5 Å². The van der Waals surface area contributed by atoms with Gasteiger partial charge in [0.2, 0.25) is 5.91 Å². The maximum atomic E-state index is 12.4. The van der Waals surface area contributed by atoms with Gasteiger partial charge >= 0.3 is 0 Å². The fraction of sp³-hybridized carbons (Fsp3) is 0.417. The second-order valence-corrected chi connectivity index (χ2v) is 8.51. The summed E-state index contributed by atoms with van der Waals surface area (Å²) in [6.45, 7) is 4.28. The lowest BCUT2D eigenvalue weighted by atomic mass is 9.91. The molecular weight excluding hydrogens is 388 g/mol. The van der Waals surface area contributed by atoms with Gasteiger partial charge < -0.3 is 10.2 Å². The molecule has 1 aromatic heterocycles. The lowest BCUT2D eigenvalue weighted by Crippen LogP contribution is -2.30. The Bertz CT molecular complexity index is 988. The highest BCUT2D eigenvalue weighted by atomic mass is 16.1. The number of carbonyl (C=O) groups is 1. The Kier molecular flexibility index (Phi) is 6.72. The van der Waals surface area contributed by atoms with Crippen molar-refractivity contribution in [2.24, 2.45) is 5.92 Å². The van der Waals surface area contributed by atoms with Crippen LogP contribution in [-0.4, -0.2) is 51.2 Å². The van der Waals surface area contributed by atoms with Crippen LogP contribution in [0.4, 0.5) is 5.69 Å². The van der Waals surface area contributed by atoms with Crippen LogP contribution < -0.4 is 5.32 Å². The molecule has 3 aromatic rings. The van der Waals surface area contributed by atoms with Crippen molar-refractivity contribution in [1.29, 1.82) is 0 Å². The van der Waals surface area contributed by atoms with Crippen molar-refractivity contribution in [3.8, 4) is 5.69 Å². The molecule has 4 rings (SSSR count). The summed E-state index contributed by atoms with van der Waals surface area (Å²) < 4.78 is 1.66. The van der Waals surface area contributed by atoms with Crippen LogP contribution in [0.15, 0.2) is 48.5 Å². The predicted molar refractivity (Wildman–Crippen MR) is 121 cm³/mol. The maximum Gasteiger partial charge on any atom is 0.228 e. The minimum atomic E-state index is -0.0228. The highest BCUT2D eigenvalue weighted by molar-refractivity contribution is 5.92. The van der Waals surface area contributed by atoms with Crippen LogP contribution in [0.3, 0.4) is 0 Å². The normalized spacial score (nSPS) is 15.2. The number of nitrogens with zero attached hydrogens (tertiary/aromatic N) is 5. The minimum Gasteiger partial charge on any atom is -0.326 e. The molecule has 1 saturated heterocycles. The highest BCUT2D eigenvalue weighted by Crippen LogP contribution is 2.22. The molecule has 0 saturated carbocycles. The van der Waals surface area contributed by atoms with Crippen molar-refractivity contribution >= 4 is 11.6 Å². The molecule has 0 radical (unpaired) electrons. The average Bonchev–Trinajstić information content (AvgIpc) is 3.21. The first kappa shape index (κ1) is 21.2. The van der Waals surface area contributed by atoms with Crippen molar-refractivity contribution in [3.63, 3.8) is 0 Å². The van der Waals surface area contributed by atoms with Gasteiger partial charge in [-0.1, -0.05) is 24.3 Å². The van der Waals surface area contributed by atoms with E-state index < -0.39 is 0 Å². The molecule has 7 nitrogen and oxygen atoms in total. The molecular formula is C24H30N6O. The molecule has 1 N–H and O–H groups in total. The first-order valence-electron chi connectivity index (χ1n) is 11.0. The smallest absolute Gasteiger partial charge is 0.228 e. The van der Waals surface area contributed by atoms with Gasteiger partial charge in [-0.05, 0) is 104 Å². The van der Waals surface area contributed by atoms with Crippen LogP contribution in [0.5, 0.6) is 0 Å². The summed E-state index contributed by atoms with van der Waals surface area (Å²) in [5, 5.41) is 14.5. The fourth-order valence-electron chi connectivity index (χ4n) is 4.09. The number of aromatic nitrogens is 4. The number of piperidine rings is 1. The molecule has 0 bridgehead atoms. The number of carbonyl (C=O) groups excluding carboxylic acids is 1. The van der Waals surface area contributed by atoms with Gasteiger partial charge in [-0.15, -0.1) is 5.10 Å². The fourth-order valence-corrected chi connectivity index (χ4v) is 4.09. The minimum absolute atomic E-state index is 0.0228. The standard InChI is InChI=1S/C24H30N6O/c1-18-26-27-28-30(18)23-11-7-21(8-12-23)17-24(31)25-22-9-5-19(6-10-22)3-4-20-13-15-29(2)16-14-20/h5-12,20H,3-4,13-17H2,1-2H3,(H,25,31). The largest absolute Gasteiger partial charge is 0.326 e. The number of anilines is 1. The zero-order valence-corrected chi connectivity index (χ0v) is 18.3. The maximum absolute atomic E-state index is 12.4. The van der Waals surface area contributed by atoms with Crippen molar-refractivity contribution in [3.05, 3.63) is 65.5 Å². The molecule has 0 aliphatic carbocycles. The quantitative estimate of drug-likeness (QED) is 0.636. The van der Waals surface area contributed by atoms with Gasteiger partial charge in [-0.2, -0.15) is 4.68 Å². The number of aryl methyl sites for hydroxylation is 2. The van der Waals surface area contributed by atoms with E-state index >= 15 is 0 Å². The lowest BCUT2D eigenvalue weighted by Gasteiger charge is -2.28. The third kappa shape index (κ3) is 5.76. The zero-order chi connectivity index (χ0) is 21.6. The van der Waals surface area contributed by atoms with Gasteiger partial charge in [0.1, 0.15) is 0 Å². The van der Waals surface area contributed by atoms with Gasteiger partial charge in [0.15, 0.2) is 5.82 Å². The third-order valence-corrected chi connectivity index (χ3v) is 6.09. The van der Waals surface area contributed by atoms with Gasteiger partial charge in [-0.25, -0.2) is 0 Å². The van der Waals surface area contributed by atoms with Crippen molar-refractivity contribution in [2.45, 2.75) is 39.0 Å². The van der Waals surface area contributed by atoms with E-state index in [-0.39, 0.29) is 5.91 Å². The summed E-state index contributed by atoms with van der Waals surface area (Å²) >= 11 is 0. The van der Waals surface area contributed by atoms with E-state index in [1.54, 1.807) is 4.68 Å². The van der Waals surface area contributed by atoms with Gasteiger partial charge in [0.05, 0.1) is 12.1 Å². The van der Waals surface area contributed by atoms with E-state index in [0.717, 1.165) is 35.1 Å². The monoisotopic (exact) mass is 418 g/mol. The number of nitrogens with one attached hydrogen (secondary N) is 1. The predicted octanol–water partition coefficient (Wildman–Crippen LogP) is 3.43. The van der Waals surface area contributed by atoms with E-state index in [1.165, 1.54) is 37.9 Å². The molecule has 2 heterocycles. The molecule has 2 aromatic carbocycles. The van der Waals surface area contributed by atoms with E-state index in [9.17, 15) is 4.79 Å². The Morgan fingerprint density at radius 3 is 2.35 bits per heavy atom. The van der Waals surface area contributed by atoms with E-state index in [4.69, 9.17) is 0 Å². The summed E-state index contributed by atoms with van der Waals surface area (Å²) in [5.74, 6) is 1.54. The summed E-state index contributed by atoms with van der Waals surface area (Å²) in [4.78, 5) is 14.9. The van der Waals surface area contributed by atoms with Crippen LogP contribution in [0.2, 0.25) is 0 Å². The van der Waals surface area contributed by atoms with Crippen LogP contribution in [0, 0.1) is 12.8 Å². The topological polar surface area (TPSA) is 75.9 Å². The number of hydrogen-bond donors (Lipinski definition) is 1. The Morgan fingerprint density at radius 2 is 1.71 bits per heavy atom. The molecule has 1 aliphatic rings. The van der Waals surface area contributed by atoms with Gasteiger partial charge in [-0.3, -0.25) is 4.79 Å². The Balaban J connectivity index is 1.25. The molecule has 31 heavy (non-hydrogen) atoms. The molecule has 7 heteroatoms. The summed E-state index contributed by atoms with van der Waals surface area (Å²) in [6, 6.07) is 16.0. The van der Waals surface area contributed by atoms with Crippen LogP contribution >= 0.6 is 0 Å². The number of tetrazole rings is 1. The van der Waals surface area contributed by atoms with Crippen LogP contribution in [0.25, 0.3) is 5.69 Å². The van der Waals surface area contributed by atoms with E-state index in [2.05, 4.69) is 44.9 Å². The number of amides is 1. The van der Waals surface area contributed by atoms with Crippen molar-refractivity contribution in [1.82, 2.24) is 25.1 Å². The van der Waals surface area contributed by atoms with Crippen LogP contribution in [0.1, 0.15) is 36.2 Å². The molecule has 162 valence electrons. The van der Waals surface area contributed by atoms with Crippen LogP contribution in [-0.2, 0) is 17.6 Å². The van der Waals surface area contributed by atoms with E-state index in [0.29, 0.717) is 6.42 Å². The zero-order valence-electron chi connectivity index (χ0n) is 18.3. The second kappa shape index (κ2) is 9.83. The van der Waals surface area contributed by atoms with Gasteiger partial charge in [0.25, 0.3) is 0 Å². The van der Waals surface area contributed by atoms with Crippen molar-refractivity contribution < 1.29 is 4.79 Å². The number of likely N-dealkylation sites (tertiary alicyclic amines) is 1. The number of benzene rings is 2. The molecule has 1 amide bonds. The molecule has 0 atom stereocenters. The summed E-state index contributed by atoms with van der Waals surface area (Å²) in [6.07, 6.45) is 5.30.